The molecule has 0 aromatic heterocycles. The molecule has 1 amide bonds. The zero-order valence-electron chi connectivity index (χ0n) is 21.7. The monoisotopic (exact) mass is 521 g/mol. The third kappa shape index (κ3) is 4.95. The minimum atomic E-state index is -4.36. The smallest absolute Gasteiger partial charge is 0.416 e. The normalized spacial score (nSPS) is 32.6. The molecule has 204 valence electrons. The number of nitrogens with one attached hydrogen (secondary N) is 1. The molecule has 1 heterocycles. The molecule has 1 saturated heterocycles. The van der Waals surface area contributed by atoms with Crippen LogP contribution in [0.4, 0.5) is 18.9 Å². The Bertz CT molecular complexity index is 1020. The number of carboxylic acids is 1. The van der Waals surface area contributed by atoms with Crippen LogP contribution in [0, 0.1) is 23.2 Å². The third-order valence-corrected chi connectivity index (χ3v) is 9.62. The first-order valence-electron chi connectivity index (χ1n) is 13.6. The van der Waals surface area contributed by atoms with E-state index in [0.717, 1.165) is 38.2 Å². The molecule has 0 spiro atoms. The molecule has 4 aliphatic carbocycles. The number of hydrogen-bond donors (Lipinski definition) is 2. The maximum Gasteiger partial charge on any atom is 0.416 e. The van der Waals surface area contributed by atoms with E-state index in [-0.39, 0.29) is 23.8 Å². The van der Waals surface area contributed by atoms with Gasteiger partial charge in [0.2, 0.25) is 5.91 Å². The standard InChI is InChI=1S/C28H38F3N3O3/c1-26(2,24(35)32-23-19-12-18-13-20(23)17-27(15-18,16-19)25(36)37)34-10-4-8-33(9-5-11-34)22-7-3-6-21(14-22)28(29,30)31/h3,6-7,14,18-20,23H,4-5,8-13,15-17H2,1-2H3,(H,32,35)(H,36,37). The average Bonchev–Trinajstić information content (AvgIpc) is 2.80. The van der Waals surface area contributed by atoms with E-state index in [2.05, 4.69) is 10.2 Å². The summed E-state index contributed by atoms with van der Waals surface area (Å²) in [5, 5.41) is 13.2. The number of carbonyl (C=O) groups is 2. The summed E-state index contributed by atoms with van der Waals surface area (Å²) in [5.41, 5.74) is -1.37. The van der Waals surface area contributed by atoms with Crippen molar-refractivity contribution in [3.8, 4) is 0 Å². The minimum Gasteiger partial charge on any atom is -0.481 e. The Hall–Kier alpha value is -2.29. The number of halogens is 3. The van der Waals surface area contributed by atoms with Gasteiger partial charge in [0.05, 0.1) is 16.5 Å². The fraction of sp³-hybridized carbons (Fsp3) is 0.714. The van der Waals surface area contributed by atoms with Crippen molar-refractivity contribution in [3.05, 3.63) is 29.8 Å². The summed E-state index contributed by atoms with van der Waals surface area (Å²) in [6, 6.07) is 5.55. The van der Waals surface area contributed by atoms with E-state index in [0.29, 0.717) is 50.6 Å². The lowest BCUT2D eigenvalue weighted by atomic mass is 9.48. The Balaban J connectivity index is 1.20. The molecule has 37 heavy (non-hydrogen) atoms. The van der Waals surface area contributed by atoms with Gasteiger partial charge in [0.1, 0.15) is 0 Å². The molecule has 6 rings (SSSR count). The SMILES string of the molecule is CC(C)(C(=O)NC1C2CC3CC1CC(C(=O)O)(C3)C2)N1CCCN(c2cccc(C(F)(F)F)c2)CCC1. The Kier molecular flexibility index (Phi) is 6.74. The Morgan fingerprint density at radius 1 is 1.00 bits per heavy atom. The molecule has 2 atom stereocenters. The van der Waals surface area contributed by atoms with Gasteiger partial charge in [-0.2, -0.15) is 13.2 Å². The zero-order chi connectivity index (χ0) is 26.6. The molecule has 5 aliphatic rings. The number of nitrogens with zero attached hydrogens (tertiary/aromatic N) is 2. The molecule has 2 unspecified atom stereocenters. The number of anilines is 1. The molecule has 1 aliphatic heterocycles. The quantitative estimate of drug-likeness (QED) is 0.584. The number of rotatable bonds is 5. The molecule has 1 aromatic carbocycles. The summed E-state index contributed by atoms with van der Waals surface area (Å²) >= 11 is 0. The molecule has 4 saturated carbocycles. The largest absolute Gasteiger partial charge is 0.481 e. The van der Waals surface area contributed by atoms with Crippen LogP contribution in [0.1, 0.15) is 64.4 Å². The highest BCUT2D eigenvalue weighted by Gasteiger charge is 2.59. The third-order valence-electron chi connectivity index (χ3n) is 9.62. The summed E-state index contributed by atoms with van der Waals surface area (Å²) in [4.78, 5) is 29.8. The van der Waals surface area contributed by atoms with Crippen LogP contribution in [0.25, 0.3) is 0 Å². The van der Waals surface area contributed by atoms with E-state index in [1.165, 1.54) is 12.1 Å². The highest BCUT2D eigenvalue weighted by Crippen LogP contribution is 2.60. The van der Waals surface area contributed by atoms with Gasteiger partial charge >= 0.3 is 12.1 Å². The minimum absolute atomic E-state index is 0.00958. The molecule has 9 heteroatoms. The van der Waals surface area contributed by atoms with Crippen LogP contribution in [0.3, 0.4) is 0 Å². The van der Waals surface area contributed by atoms with Crippen molar-refractivity contribution in [3.63, 3.8) is 0 Å². The molecular weight excluding hydrogens is 483 g/mol. The molecule has 4 bridgehead atoms. The van der Waals surface area contributed by atoms with Crippen molar-refractivity contribution in [1.29, 1.82) is 0 Å². The first-order valence-corrected chi connectivity index (χ1v) is 13.6. The van der Waals surface area contributed by atoms with E-state index in [4.69, 9.17) is 0 Å². The zero-order valence-corrected chi connectivity index (χ0v) is 21.7. The van der Waals surface area contributed by atoms with Crippen LogP contribution >= 0.6 is 0 Å². The number of carboxylic acid groups (broad SMARTS) is 1. The van der Waals surface area contributed by atoms with E-state index < -0.39 is 28.7 Å². The van der Waals surface area contributed by atoms with Crippen LogP contribution in [0.2, 0.25) is 0 Å². The molecule has 6 nitrogen and oxygen atoms in total. The van der Waals surface area contributed by atoms with Crippen LogP contribution < -0.4 is 10.2 Å². The maximum atomic E-state index is 13.6. The predicted octanol–water partition coefficient (Wildman–Crippen LogP) is 4.78. The lowest BCUT2D eigenvalue weighted by molar-refractivity contribution is -0.168. The molecule has 5 fully saturated rings. The summed E-state index contributed by atoms with van der Waals surface area (Å²) in [7, 11) is 0. The van der Waals surface area contributed by atoms with Crippen molar-refractivity contribution in [2.75, 3.05) is 31.1 Å². The van der Waals surface area contributed by atoms with Crippen molar-refractivity contribution in [2.45, 2.75) is 76.6 Å². The fourth-order valence-corrected chi connectivity index (χ4v) is 7.82. The number of benzene rings is 1. The average molecular weight is 522 g/mol. The first kappa shape index (κ1) is 26.3. The van der Waals surface area contributed by atoms with E-state index >= 15 is 0 Å². The van der Waals surface area contributed by atoms with Gasteiger partial charge in [0.25, 0.3) is 0 Å². The number of aliphatic carboxylic acids is 1. The second-order valence-electron chi connectivity index (χ2n) is 12.3. The van der Waals surface area contributed by atoms with Crippen molar-refractivity contribution < 1.29 is 27.9 Å². The van der Waals surface area contributed by atoms with Gasteiger partial charge in [-0.15, -0.1) is 0 Å². The van der Waals surface area contributed by atoms with Crippen LogP contribution in [-0.2, 0) is 15.8 Å². The second-order valence-corrected chi connectivity index (χ2v) is 12.3. The molecule has 2 N–H and O–H groups in total. The maximum absolute atomic E-state index is 13.6. The first-order chi connectivity index (χ1) is 17.4. The van der Waals surface area contributed by atoms with E-state index in [9.17, 15) is 27.9 Å². The highest BCUT2D eigenvalue weighted by atomic mass is 19.4. The van der Waals surface area contributed by atoms with Crippen molar-refractivity contribution in [1.82, 2.24) is 10.2 Å². The van der Waals surface area contributed by atoms with Gasteiger partial charge in [-0.3, -0.25) is 14.5 Å². The number of hydrogen-bond acceptors (Lipinski definition) is 4. The van der Waals surface area contributed by atoms with Gasteiger partial charge < -0.3 is 15.3 Å². The predicted molar refractivity (Wildman–Crippen MR) is 134 cm³/mol. The van der Waals surface area contributed by atoms with Crippen LogP contribution in [0.5, 0.6) is 0 Å². The molecular formula is C28H38F3N3O3. The lowest BCUT2D eigenvalue weighted by Crippen LogP contribution is -2.65. The number of carbonyl (C=O) groups excluding carboxylic acids is 1. The Morgan fingerprint density at radius 3 is 2.19 bits per heavy atom. The molecule has 1 aromatic rings. The summed E-state index contributed by atoms with van der Waals surface area (Å²) in [6.07, 6.45) is 1.24. The Morgan fingerprint density at radius 2 is 1.62 bits per heavy atom. The lowest BCUT2D eigenvalue weighted by Gasteiger charge is -2.58. The Labute approximate surface area is 216 Å². The molecule has 0 radical (unpaired) electrons. The van der Waals surface area contributed by atoms with Crippen molar-refractivity contribution >= 4 is 17.6 Å². The van der Waals surface area contributed by atoms with Gasteiger partial charge in [-0.25, -0.2) is 0 Å². The van der Waals surface area contributed by atoms with E-state index in [1.807, 2.05) is 18.7 Å². The van der Waals surface area contributed by atoms with Crippen molar-refractivity contribution in [2.24, 2.45) is 23.2 Å². The second kappa shape index (κ2) is 9.47. The number of amides is 1. The van der Waals surface area contributed by atoms with Gasteiger partial charge in [-0.05, 0) is 94.7 Å². The van der Waals surface area contributed by atoms with Crippen LogP contribution in [0.15, 0.2) is 24.3 Å². The van der Waals surface area contributed by atoms with Gasteiger partial charge in [0.15, 0.2) is 0 Å². The van der Waals surface area contributed by atoms with Crippen LogP contribution in [-0.4, -0.2) is 59.6 Å². The number of alkyl halides is 3. The van der Waals surface area contributed by atoms with Gasteiger partial charge in [0, 0.05) is 37.9 Å². The summed E-state index contributed by atoms with van der Waals surface area (Å²) < 4.78 is 39.5. The highest BCUT2D eigenvalue weighted by molar-refractivity contribution is 5.86. The summed E-state index contributed by atoms with van der Waals surface area (Å²) in [5.74, 6) is 0.247. The van der Waals surface area contributed by atoms with Gasteiger partial charge in [-0.1, -0.05) is 6.07 Å². The summed E-state index contributed by atoms with van der Waals surface area (Å²) in [6.45, 7) is 6.50. The topological polar surface area (TPSA) is 72.9 Å². The van der Waals surface area contributed by atoms with E-state index in [1.54, 1.807) is 6.07 Å². The fourth-order valence-electron chi connectivity index (χ4n) is 7.82.